The first-order valence-electron chi connectivity index (χ1n) is 5.34. The summed E-state index contributed by atoms with van der Waals surface area (Å²) in [6.07, 6.45) is 1.67. The van der Waals surface area contributed by atoms with Gasteiger partial charge in [-0.15, -0.1) is 0 Å². The molecule has 90 valence electrons. The molecule has 0 spiro atoms. The van der Waals surface area contributed by atoms with Crippen molar-refractivity contribution in [2.45, 2.75) is 6.92 Å². The maximum Gasteiger partial charge on any atom is 0.356 e. The standard InChI is InChI=1S/C12H9N3O2S/c1-8-4-2-3-5-9(8)10-11(15(16)17)14-6-7-18-12(14)13-10/h2-7H,1H3. The molecule has 0 saturated heterocycles. The zero-order chi connectivity index (χ0) is 12.7. The quantitative estimate of drug-likeness (QED) is 0.524. The summed E-state index contributed by atoms with van der Waals surface area (Å²) < 4.78 is 1.52. The van der Waals surface area contributed by atoms with Crippen LogP contribution in [0.2, 0.25) is 0 Å². The number of aromatic nitrogens is 2. The van der Waals surface area contributed by atoms with E-state index in [2.05, 4.69) is 4.98 Å². The lowest BCUT2D eigenvalue weighted by molar-refractivity contribution is -0.389. The third kappa shape index (κ3) is 1.50. The van der Waals surface area contributed by atoms with E-state index in [1.54, 1.807) is 11.6 Å². The smallest absolute Gasteiger partial charge is 0.356 e. The summed E-state index contributed by atoms with van der Waals surface area (Å²) in [5.74, 6) is 0.0283. The second-order valence-corrected chi connectivity index (χ2v) is 4.78. The molecule has 1 aromatic carbocycles. The van der Waals surface area contributed by atoms with Gasteiger partial charge in [0.25, 0.3) is 4.96 Å². The monoisotopic (exact) mass is 259 g/mol. The minimum Gasteiger partial charge on any atom is -0.358 e. The van der Waals surface area contributed by atoms with E-state index in [1.807, 2.05) is 31.2 Å². The van der Waals surface area contributed by atoms with Crippen LogP contribution in [0.1, 0.15) is 5.56 Å². The number of aryl methyl sites for hydroxylation is 1. The number of fused-ring (bicyclic) bond motifs is 1. The highest BCUT2D eigenvalue weighted by atomic mass is 32.1. The van der Waals surface area contributed by atoms with Gasteiger partial charge in [-0.2, -0.15) is 9.38 Å². The van der Waals surface area contributed by atoms with Crippen molar-refractivity contribution in [3.8, 4) is 11.3 Å². The predicted molar refractivity (Wildman–Crippen MR) is 69.9 cm³/mol. The molecule has 0 saturated carbocycles. The number of hydrogen-bond acceptors (Lipinski definition) is 4. The lowest BCUT2D eigenvalue weighted by atomic mass is 10.1. The molecule has 18 heavy (non-hydrogen) atoms. The van der Waals surface area contributed by atoms with E-state index in [0.29, 0.717) is 10.7 Å². The van der Waals surface area contributed by atoms with Crippen molar-refractivity contribution >= 4 is 22.1 Å². The number of rotatable bonds is 2. The fourth-order valence-corrected chi connectivity index (χ4v) is 2.68. The normalized spacial score (nSPS) is 10.9. The minimum atomic E-state index is -0.380. The lowest BCUT2D eigenvalue weighted by Crippen LogP contribution is -1.95. The van der Waals surface area contributed by atoms with Crippen molar-refractivity contribution in [1.82, 2.24) is 9.38 Å². The first kappa shape index (κ1) is 10.9. The summed E-state index contributed by atoms with van der Waals surface area (Å²) in [6.45, 7) is 1.92. The van der Waals surface area contributed by atoms with Crippen LogP contribution in [0.4, 0.5) is 5.82 Å². The van der Waals surface area contributed by atoms with Gasteiger partial charge < -0.3 is 10.1 Å². The topological polar surface area (TPSA) is 60.4 Å². The summed E-state index contributed by atoms with van der Waals surface area (Å²) in [5.41, 5.74) is 2.22. The summed E-state index contributed by atoms with van der Waals surface area (Å²) in [4.78, 5) is 15.9. The molecular formula is C12H9N3O2S. The van der Waals surface area contributed by atoms with Crippen molar-refractivity contribution in [3.05, 3.63) is 51.5 Å². The lowest BCUT2D eigenvalue weighted by Gasteiger charge is -2.02. The summed E-state index contributed by atoms with van der Waals surface area (Å²) in [6, 6.07) is 7.55. The van der Waals surface area contributed by atoms with Gasteiger partial charge in [-0.05, 0) is 17.4 Å². The van der Waals surface area contributed by atoms with Crippen LogP contribution in [0.5, 0.6) is 0 Å². The average Bonchev–Trinajstić information content (AvgIpc) is 2.88. The number of thiazole rings is 1. The molecule has 0 fully saturated rings. The molecule has 2 aromatic heterocycles. The zero-order valence-electron chi connectivity index (χ0n) is 9.53. The van der Waals surface area contributed by atoms with Crippen LogP contribution in [-0.2, 0) is 0 Å². The highest BCUT2D eigenvalue weighted by molar-refractivity contribution is 7.15. The summed E-state index contributed by atoms with van der Waals surface area (Å²) >= 11 is 1.39. The highest BCUT2D eigenvalue weighted by Crippen LogP contribution is 2.33. The number of imidazole rings is 1. The Balaban J connectivity index is 2.35. The fraction of sp³-hybridized carbons (Fsp3) is 0.0833. The van der Waals surface area contributed by atoms with E-state index >= 15 is 0 Å². The molecule has 6 heteroatoms. The summed E-state index contributed by atoms with van der Waals surface area (Å²) in [7, 11) is 0. The first-order chi connectivity index (χ1) is 8.68. The Labute approximate surface area is 106 Å². The Morgan fingerprint density at radius 1 is 1.39 bits per heavy atom. The zero-order valence-corrected chi connectivity index (χ0v) is 10.3. The maximum absolute atomic E-state index is 11.2. The fourth-order valence-electron chi connectivity index (χ4n) is 1.97. The average molecular weight is 259 g/mol. The Hall–Kier alpha value is -2.21. The van der Waals surface area contributed by atoms with Crippen molar-refractivity contribution in [3.63, 3.8) is 0 Å². The molecule has 0 N–H and O–H groups in total. The Bertz CT molecular complexity index is 745. The van der Waals surface area contributed by atoms with Gasteiger partial charge in [0.05, 0.1) is 0 Å². The van der Waals surface area contributed by atoms with E-state index in [9.17, 15) is 10.1 Å². The maximum atomic E-state index is 11.2. The molecule has 0 unspecified atom stereocenters. The number of hydrogen-bond donors (Lipinski definition) is 0. The molecule has 0 aliphatic carbocycles. The Kier molecular flexibility index (Phi) is 2.38. The molecule has 3 aromatic rings. The summed E-state index contributed by atoms with van der Waals surface area (Å²) in [5, 5.41) is 13.0. The van der Waals surface area contributed by atoms with Crippen LogP contribution >= 0.6 is 11.3 Å². The van der Waals surface area contributed by atoms with Gasteiger partial charge in [0.15, 0.2) is 5.69 Å². The molecule has 0 radical (unpaired) electrons. The SMILES string of the molecule is Cc1ccccc1-c1nc2sccn2c1[N+](=O)[O-]. The molecule has 0 atom stereocenters. The highest BCUT2D eigenvalue weighted by Gasteiger charge is 2.25. The molecule has 2 heterocycles. The van der Waals surface area contributed by atoms with E-state index in [0.717, 1.165) is 11.1 Å². The third-order valence-electron chi connectivity index (χ3n) is 2.81. The van der Waals surface area contributed by atoms with Gasteiger partial charge in [0.1, 0.15) is 6.20 Å². The van der Waals surface area contributed by atoms with Crippen LogP contribution in [0, 0.1) is 17.0 Å². The number of benzene rings is 1. The van der Waals surface area contributed by atoms with Crippen LogP contribution in [0.3, 0.4) is 0 Å². The Morgan fingerprint density at radius 3 is 2.89 bits per heavy atom. The van der Waals surface area contributed by atoms with Crippen molar-refractivity contribution in [2.24, 2.45) is 0 Å². The van der Waals surface area contributed by atoms with E-state index in [-0.39, 0.29) is 10.7 Å². The van der Waals surface area contributed by atoms with E-state index in [1.165, 1.54) is 15.7 Å². The van der Waals surface area contributed by atoms with Crippen molar-refractivity contribution in [2.75, 3.05) is 0 Å². The van der Waals surface area contributed by atoms with E-state index < -0.39 is 0 Å². The van der Waals surface area contributed by atoms with Gasteiger partial charge in [-0.1, -0.05) is 35.6 Å². The molecule has 0 amide bonds. The molecule has 3 rings (SSSR count). The molecule has 0 bridgehead atoms. The molecule has 0 aliphatic rings. The molecular weight excluding hydrogens is 250 g/mol. The van der Waals surface area contributed by atoms with Gasteiger partial charge in [0, 0.05) is 10.9 Å². The van der Waals surface area contributed by atoms with Gasteiger partial charge in [0.2, 0.25) is 0 Å². The van der Waals surface area contributed by atoms with Crippen LogP contribution in [0.15, 0.2) is 35.8 Å². The number of nitrogens with zero attached hydrogens (tertiary/aromatic N) is 3. The second kappa shape index (κ2) is 3.92. The van der Waals surface area contributed by atoms with Crippen LogP contribution in [0.25, 0.3) is 16.2 Å². The Morgan fingerprint density at radius 2 is 2.17 bits per heavy atom. The molecule has 5 nitrogen and oxygen atoms in total. The van der Waals surface area contributed by atoms with Gasteiger partial charge in [-0.3, -0.25) is 0 Å². The largest absolute Gasteiger partial charge is 0.358 e. The minimum absolute atomic E-state index is 0.0283. The van der Waals surface area contributed by atoms with Gasteiger partial charge in [-0.25, -0.2) is 0 Å². The number of nitro groups is 1. The van der Waals surface area contributed by atoms with E-state index in [4.69, 9.17) is 0 Å². The second-order valence-electron chi connectivity index (χ2n) is 3.91. The third-order valence-corrected chi connectivity index (χ3v) is 3.57. The van der Waals surface area contributed by atoms with Gasteiger partial charge >= 0.3 is 5.82 Å². The van der Waals surface area contributed by atoms with Crippen LogP contribution in [-0.4, -0.2) is 14.3 Å². The first-order valence-corrected chi connectivity index (χ1v) is 6.22. The molecule has 0 aliphatic heterocycles. The van der Waals surface area contributed by atoms with Crippen molar-refractivity contribution < 1.29 is 4.92 Å². The predicted octanol–water partition coefficient (Wildman–Crippen LogP) is 3.28. The van der Waals surface area contributed by atoms with Crippen molar-refractivity contribution in [1.29, 1.82) is 0 Å². The van der Waals surface area contributed by atoms with Crippen LogP contribution < -0.4 is 0 Å².